The molecule has 1 aromatic rings. The average Bonchev–Trinajstić information content (AvgIpc) is 2.49. The highest BCUT2D eigenvalue weighted by molar-refractivity contribution is 5.80. The number of rotatable bonds is 5. The zero-order valence-corrected chi connectivity index (χ0v) is 13.4. The summed E-state index contributed by atoms with van der Waals surface area (Å²) in [6, 6.07) is 5.72. The van der Waals surface area contributed by atoms with E-state index in [0.717, 1.165) is 28.7 Å². The number of methoxy groups -OCH3 is 1. The van der Waals surface area contributed by atoms with Gasteiger partial charge in [0.05, 0.1) is 7.11 Å². The Morgan fingerprint density at radius 1 is 1.22 bits per heavy atom. The summed E-state index contributed by atoms with van der Waals surface area (Å²) in [5.41, 5.74) is 1.55. The minimum atomic E-state index is -0.964. The molecule has 0 amide bonds. The van der Waals surface area contributed by atoms with E-state index in [2.05, 4.69) is 6.08 Å². The second kappa shape index (κ2) is 7.01. The summed E-state index contributed by atoms with van der Waals surface area (Å²) < 4.78 is 11.3. The summed E-state index contributed by atoms with van der Waals surface area (Å²) in [6.45, 7) is 4.01. The number of hydrogen-bond donors (Lipinski definition) is 1. The topological polar surface area (TPSA) is 55.8 Å². The number of ether oxygens (including phenoxy) is 2. The van der Waals surface area contributed by atoms with Crippen LogP contribution in [-0.4, -0.2) is 23.8 Å². The normalized spacial score (nSPS) is 16.4. The van der Waals surface area contributed by atoms with Gasteiger partial charge in [-0.15, -0.1) is 0 Å². The van der Waals surface area contributed by atoms with Crippen LogP contribution in [0.25, 0.3) is 6.08 Å². The predicted molar refractivity (Wildman–Crippen MR) is 90.7 cm³/mol. The maximum absolute atomic E-state index is 10.4. The molecule has 0 spiro atoms. The van der Waals surface area contributed by atoms with E-state index in [-0.39, 0.29) is 0 Å². The molecule has 0 saturated carbocycles. The van der Waals surface area contributed by atoms with Crippen molar-refractivity contribution in [3.8, 4) is 11.5 Å². The van der Waals surface area contributed by atoms with Crippen LogP contribution < -0.4 is 9.47 Å². The quantitative estimate of drug-likeness (QED) is 0.659. The number of aliphatic carboxylic acids is 1. The lowest BCUT2D eigenvalue weighted by molar-refractivity contribution is -0.131. The van der Waals surface area contributed by atoms with Crippen LogP contribution in [0.2, 0.25) is 0 Å². The van der Waals surface area contributed by atoms with Crippen LogP contribution >= 0.6 is 0 Å². The first kappa shape index (κ1) is 16.6. The molecule has 0 fully saturated rings. The van der Waals surface area contributed by atoms with Gasteiger partial charge in [-0.3, -0.25) is 0 Å². The van der Waals surface area contributed by atoms with Crippen LogP contribution in [0.5, 0.6) is 11.5 Å². The largest absolute Gasteiger partial charge is 0.497 e. The van der Waals surface area contributed by atoms with Crippen molar-refractivity contribution in [3.05, 3.63) is 65.8 Å². The summed E-state index contributed by atoms with van der Waals surface area (Å²) in [7, 11) is 1.63. The molecule has 4 heteroatoms. The molecule has 0 bridgehead atoms. The van der Waals surface area contributed by atoms with E-state index < -0.39 is 11.6 Å². The first-order chi connectivity index (χ1) is 10.9. The zero-order valence-electron chi connectivity index (χ0n) is 13.4. The van der Waals surface area contributed by atoms with Gasteiger partial charge in [-0.1, -0.05) is 30.4 Å². The number of carboxylic acids is 1. The minimum Gasteiger partial charge on any atom is -0.497 e. The van der Waals surface area contributed by atoms with Crippen molar-refractivity contribution in [2.45, 2.75) is 19.4 Å². The van der Waals surface area contributed by atoms with E-state index in [1.165, 1.54) is 6.08 Å². The minimum absolute atomic E-state index is 0.442. The number of fused-ring (bicyclic) bond motifs is 1. The van der Waals surface area contributed by atoms with E-state index in [1.54, 1.807) is 19.3 Å². The second-order valence-electron chi connectivity index (χ2n) is 5.56. The lowest BCUT2D eigenvalue weighted by Crippen LogP contribution is -2.32. The zero-order chi connectivity index (χ0) is 16.9. The summed E-state index contributed by atoms with van der Waals surface area (Å²) in [5.74, 6) is 0.645. The van der Waals surface area contributed by atoms with Gasteiger partial charge in [-0.05, 0) is 43.7 Å². The molecular weight excluding hydrogens is 292 g/mol. The Kier molecular flexibility index (Phi) is 5.06. The molecule has 1 heterocycles. The van der Waals surface area contributed by atoms with Crippen LogP contribution in [0.15, 0.2) is 60.2 Å². The Hall–Kier alpha value is -2.75. The van der Waals surface area contributed by atoms with E-state index in [1.807, 2.05) is 44.2 Å². The van der Waals surface area contributed by atoms with E-state index in [4.69, 9.17) is 14.6 Å². The van der Waals surface area contributed by atoms with Crippen molar-refractivity contribution in [1.29, 1.82) is 0 Å². The van der Waals surface area contributed by atoms with Crippen LogP contribution in [0.3, 0.4) is 0 Å². The maximum Gasteiger partial charge on any atom is 0.328 e. The Morgan fingerprint density at radius 3 is 2.65 bits per heavy atom. The fourth-order valence-electron chi connectivity index (χ4n) is 2.21. The highest BCUT2D eigenvalue weighted by Gasteiger charge is 2.28. The number of allylic oxidation sites excluding steroid dienone is 4. The van der Waals surface area contributed by atoms with Gasteiger partial charge in [-0.25, -0.2) is 4.79 Å². The fourth-order valence-corrected chi connectivity index (χ4v) is 2.21. The van der Waals surface area contributed by atoms with Gasteiger partial charge in [-0.2, -0.15) is 0 Å². The molecule has 0 aliphatic carbocycles. The molecule has 0 radical (unpaired) electrons. The van der Waals surface area contributed by atoms with Gasteiger partial charge in [0, 0.05) is 11.6 Å². The highest BCUT2D eigenvalue weighted by Crippen LogP contribution is 2.37. The first-order valence-electron chi connectivity index (χ1n) is 7.26. The predicted octanol–water partition coefficient (Wildman–Crippen LogP) is 4.00. The summed E-state index contributed by atoms with van der Waals surface area (Å²) in [5, 5.41) is 8.50. The van der Waals surface area contributed by atoms with Gasteiger partial charge in [0.2, 0.25) is 0 Å². The standard InChI is InChI=1S/C19H20O4/c1-19(2)15(8-6-4-5-7-9-18(20)21)12-14-13-16(22-3)10-11-17(14)23-19/h4-13H,1-3H3,(H,20,21)/b5-4+,8-6+,9-7+. The molecule has 0 aromatic heterocycles. The van der Waals surface area contributed by atoms with Crippen LogP contribution in [0.1, 0.15) is 19.4 Å². The Labute approximate surface area is 136 Å². The molecular formula is C19H20O4. The van der Waals surface area contributed by atoms with Crippen molar-refractivity contribution in [2.24, 2.45) is 0 Å². The van der Waals surface area contributed by atoms with Crippen molar-refractivity contribution >= 4 is 12.0 Å². The third-order valence-corrected chi connectivity index (χ3v) is 3.44. The van der Waals surface area contributed by atoms with Gasteiger partial charge in [0.25, 0.3) is 0 Å². The monoisotopic (exact) mass is 312 g/mol. The molecule has 0 atom stereocenters. The lowest BCUT2D eigenvalue weighted by Gasteiger charge is -2.32. The number of carboxylic acid groups (broad SMARTS) is 1. The van der Waals surface area contributed by atoms with Crippen LogP contribution in [0, 0.1) is 0 Å². The van der Waals surface area contributed by atoms with Crippen LogP contribution in [-0.2, 0) is 4.79 Å². The fraction of sp³-hybridized carbons (Fsp3) is 0.211. The van der Waals surface area contributed by atoms with Crippen molar-refractivity contribution in [3.63, 3.8) is 0 Å². The first-order valence-corrected chi connectivity index (χ1v) is 7.26. The van der Waals surface area contributed by atoms with Crippen molar-refractivity contribution in [2.75, 3.05) is 7.11 Å². The lowest BCUT2D eigenvalue weighted by atomic mass is 9.92. The van der Waals surface area contributed by atoms with E-state index in [9.17, 15) is 4.79 Å². The molecule has 23 heavy (non-hydrogen) atoms. The smallest absolute Gasteiger partial charge is 0.328 e. The SMILES string of the molecule is COc1ccc2c(c1)C=C(/C=C/C=C/C=C/C(=O)O)C(C)(C)O2. The summed E-state index contributed by atoms with van der Waals surface area (Å²) in [4.78, 5) is 10.4. The van der Waals surface area contributed by atoms with Crippen molar-refractivity contribution in [1.82, 2.24) is 0 Å². The second-order valence-corrected chi connectivity index (χ2v) is 5.56. The Balaban J connectivity index is 2.21. The third kappa shape index (κ3) is 4.36. The summed E-state index contributed by atoms with van der Waals surface area (Å²) >= 11 is 0. The molecule has 1 aromatic carbocycles. The van der Waals surface area contributed by atoms with Gasteiger partial charge >= 0.3 is 5.97 Å². The van der Waals surface area contributed by atoms with E-state index >= 15 is 0 Å². The van der Waals surface area contributed by atoms with Crippen LogP contribution in [0.4, 0.5) is 0 Å². The molecule has 0 saturated heterocycles. The number of carbonyl (C=O) groups is 1. The maximum atomic E-state index is 10.4. The average molecular weight is 312 g/mol. The molecule has 120 valence electrons. The third-order valence-electron chi connectivity index (χ3n) is 3.44. The van der Waals surface area contributed by atoms with E-state index in [0.29, 0.717) is 0 Å². The Morgan fingerprint density at radius 2 is 1.96 bits per heavy atom. The molecule has 4 nitrogen and oxygen atoms in total. The Bertz CT molecular complexity index is 706. The number of benzene rings is 1. The van der Waals surface area contributed by atoms with Crippen molar-refractivity contribution < 1.29 is 19.4 Å². The molecule has 0 unspecified atom stereocenters. The molecule has 1 aliphatic rings. The van der Waals surface area contributed by atoms with Gasteiger partial charge in [0.15, 0.2) is 0 Å². The number of hydrogen-bond acceptors (Lipinski definition) is 3. The summed E-state index contributed by atoms with van der Waals surface area (Å²) in [6.07, 6.45) is 11.9. The molecule has 1 N–H and O–H groups in total. The van der Waals surface area contributed by atoms with Gasteiger partial charge < -0.3 is 14.6 Å². The highest BCUT2D eigenvalue weighted by atomic mass is 16.5. The molecule has 1 aliphatic heterocycles. The van der Waals surface area contributed by atoms with Gasteiger partial charge in [0.1, 0.15) is 17.1 Å². The molecule has 2 rings (SSSR count).